The number of halogens is 1. The van der Waals surface area contributed by atoms with Gasteiger partial charge in [-0.3, -0.25) is 9.69 Å². The number of aromatic nitrogens is 4. The molecule has 1 aromatic carbocycles. The maximum absolute atomic E-state index is 14.6. The number of hydrogen-bond acceptors (Lipinski definition) is 9. The van der Waals surface area contributed by atoms with Gasteiger partial charge in [0.25, 0.3) is 11.1 Å². The summed E-state index contributed by atoms with van der Waals surface area (Å²) >= 11 is 1.34. The largest absolute Gasteiger partial charge is 0.473 e. The number of pyridine rings is 1. The summed E-state index contributed by atoms with van der Waals surface area (Å²) in [5, 5.41) is 7.30. The summed E-state index contributed by atoms with van der Waals surface area (Å²) in [7, 11) is 1.53. The number of amides is 2. The number of ether oxygens (including phenoxy) is 2. The fourth-order valence-corrected chi connectivity index (χ4v) is 5.96. The van der Waals surface area contributed by atoms with E-state index >= 15 is 0 Å². The summed E-state index contributed by atoms with van der Waals surface area (Å²) in [6.07, 6.45) is 1.18. The van der Waals surface area contributed by atoms with Crippen molar-refractivity contribution in [2.45, 2.75) is 59.2 Å². The number of fused-ring (bicyclic) bond motifs is 2. The van der Waals surface area contributed by atoms with Crippen molar-refractivity contribution in [1.29, 1.82) is 0 Å². The number of nitrogens with one attached hydrogen (secondary N) is 1. The highest BCUT2D eigenvalue weighted by atomic mass is 32.1. The van der Waals surface area contributed by atoms with E-state index in [1.165, 1.54) is 35.2 Å². The number of carbonyl (C=O) groups is 2. The summed E-state index contributed by atoms with van der Waals surface area (Å²) in [5.74, 6) is -0.621. The topological polar surface area (TPSA) is 114 Å². The third kappa shape index (κ3) is 5.25. The molecular formula is C27H32FN7O4S. The van der Waals surface area contributed by atoms with Crippen LogP contribution in [-0.4, -0.2) is 74.4 Å². The van der Waals surface area contributed by atoms with Gasteiger partial charge in [-0.05, 0) is 53.7 Å². The number of rotatable bonds is 4. The van der Waals surface area contributed by atoms with Gasteiger partial charge in [0.05, 0.1) is 47.0 Å². The molecule has 5 rings (SSSR count). The van der Waals surface area contributed by atoms with E-state index in [1.807, 2.05) is 40.7 Å². The molecule has 2 atom stereocenters. The molecule has 1 N–H and O–H groups in total. The van der Waals surface area contributed by atoms with Gasteiger partial charge < -0.3 is 19.7 Å². The molecule has 40 heavy (non-hydrogen) atoms. The number of nitrogens with zero attached hydrogens (tertiary/aromatic N) is 6. The number of thiazole rings is 1. The zero-order valence-electron chi connectivity index (χ0n) is 23.5. The van der Waals surface area contributed by atoms with Gasteiger partial charge in [0.2, 0.25) is 0 Å². The molecule has 1 saturated heterocycles. The Balaban J connectivity index is 1.44. The Hall–Kier alpha value is -4.00. The molecular weight excluding hydrogens is 537 g/mol. The minimum atomic E-state index is -0.594. The second kappa shape index (κ2) is 10.2. The molecule has 4 heterocycles. The van der Waals surface area contributed by atoms with Crippen molar-refractivity contribution < 1.29 is 23.5 Å². The zero-order chi connectivity index (χ0) is 28.9. The van der Waals surface area contributed by atoms with Crippen LogP contribution >= 0.6 is 11.3 Å². The molecule has 0 aliphatic carbocycles. The van der Waals surface area contributed by atoms with E-state index in [9.17, 15) is 14.0 Å². The van der Waals surface area contributed by atoms with Gasteiger partial charge in [-0.2, -0.15) is 5.10 Å². The highest BCUT2D eigenvalue weighted by Crippen LogP contribution is 2.39. The zero-order valence-corrected chi connectivity index (χ0v) is 24.3. The molecule has 3 aromatic heterocycles. The van der Waals surface area contributed by atoms with Crippen LogP contribution in [0.4, 0.5) is 20.6 Å². The summed E-state index contributed by atoms with van der Waals surface area (Å²) < 4.78 is 27.7. The highest BCUT2D eigenvalue weighted by Gasteiger charge is 2.36. The lowest BCUT2D eigenvalue weighted by Gasteiger charge is -2.45. The van der Waals surface area contributed by atoms with Crippen LogP contribution in [-0.2, 0) is 4.74 Å². The van der Waals surface area contributed by atoms with Gasteiger partial charge in [0.1, 0.15) is 16.9 Å². The Morgan fingerprint density at radius 1 is 1.15 bits per heavy atom. The highest BCUT2D eigenvalue weighted by molar-refractivity contribution is 7.21. The van der Waals surface area contributed by atoms with Crippen molar-refractivity contribution in [3.63, 3.8) is 0 Å². The van der Waals surface area contributed by atoms with E-state index in [0.717, 1.165) is 10.4 Å². The lowest BCUT2D eigenvalue weighted by Crippen LogP contribution is -2.59. The summed E-state index contributed by atoms with van der Waals surface area (Å²) in [5.41, 5.74) is 1.43. The van der Waals surface area contributed by atoms with E-state index in [-0.39, 0.29) is 29.5 Å². The Bertz CT molecular complexity index is 1600. The van der Waals surface area contributed by atoms with E-state index < -0.39 is 17.3 Å². The summed E-state index contributed by atoms with van der Waals surface area (Å²) in [4.78, 5) is 38.8. The van der Waals surface area contributed by atoms with E-state index in [1.54, 1.807) is 17.9 Å². The second-order valence-corrected chi connectivity index (χ2v) is 11.9. The van der Waals surface area contributed by atoms with Crippen molar-refractivity contribution >= 4 is 50.6 Å². The van der Waals surface area contributed by atoms with Gasteiger partial charge in [-0.25, -0.2) is 23.7 Å². The molecule has 0 spiro atoms. The predicted molar refractivity (Wildman–Crippen MR) is 151 cm³/mol. The lowest BCUT2D eigenvalue weighted by atomic mass is 10.1. The average molecular weight is 570 g/mol. The lowest BCUT2D eigenvalue weighted by molar-refractivity contribution is 0.00567. The van der Waals surface area contributed by atoms with Crippen LogP contribution in [0.25, 0.3) is 15.9 Å². The van der Waals surface area contributed by atoms with Gasteiger partial charge in [0, 0.05) is 19.2 Å². The van der Waals surface area contributed by atoms with Crippen LogP contribution in [0.3, 0.4) is 0 Å². The first-order valence-electron chi connectivity index (χ1n) is 12.9. The number of aryl methyl sites for hydroxylation is 1. The summed E-state index contributed by atoms with van der Waals surface area (Å²) in [6, 6.07) is 4.56. The molecule has 4 aromatic rings. The van der Waals surface area contributed by atoms with E-state index in [0.29, 0.717) is 35.2 Å². The van der Waals surface area contributed by atoms with Gasteiger partial charge in [-0.15, -0.1) is 0 Å². The van der Waals surface area contributed by atoms with Gasteiger partial charge in [-0.1, -0.05) is 11.3 Å². The van der Waals surface area contributed by atoms with Crippen LogP contribution in [0.15, 0.2) is 24.4 Å². The van der Waals surface area contributed by atoms with Crippen molar-refractivity contribution in [2.24, 2.45) is 0 Å². The Morgan fingerprint density at radius 3 is 2.50 bits per heavy atom. The minimum absolute atomic E-state index is 0.0849. The maximum Gasteiger partial charge on any atom is 0.410 e. The van der Waals surface area contributed by atoms with Crippen LogP contribution in [0.1, 0.15) is 50.8 Å². The molecule has 1 aliphatic heterocycles. The fraction of sp³-hybridized carbons (Fsp3) is 0.444. The molecule has 1 aliphatic rings. The maximum atomic E-state index is 14.6. The molecule has 1 fully saturated rings. The predicted octanol–water partition coefficient (Wildman–Crippen LogP) is 4.88. The Morgan fingerprint density at radius 2 is 1.85 bits per heavy atom. The molecule has 0 radical (unpaired) electrons. The first kappa shape index (κ1) is 27.6. The van der Waals surface area contributed by atoms with E-state index in [2.05, 4.69) is 25.3 Å². The number of carbonyl (C=O) groups excluding carboxylic acids is 2. The quantitative estimate of drug-likeness (QED) is 0.370. The standard InChI is InChI=1S/C27H32FN7O4S/c1-14-11-33(12-15(2)35(14)26(37)39-27(4,5)6)20-9-8-18(21-22(20)40-25(31-21)38-7)24(36)30-17-10-19(28)23-29-16(3)32-34(23)13-17/h8-10,13-15H,11-12H2,1-7H3,(H,30,36)/t14-,15-/m0/s1. The number of benzene rings is 1. The first-order chi connectivity index (χ1) is 18.8. The molecule has 2 amide bonds. The summed E-state index contributed by atoms with van der Waals surface area (Å²) in [6.45, 7) is 12.3. The van der Waals surface area contributed by atoms with E-state index in [4.69, 9.17) is 9.47 Å². The Kier molecular flexibility index (Phi) is 7.02. The molecule has 0 bridgehead atoms. The van der Waals surface area contributed by atoms with Crippen molar-refractivity contribution in [3.8, 4) is 5.19 Å². The van der Waals surface area contributed by atoms with Crippen LogP contribution in [0, 0.1) is 12.7 Å². The van der Waals surface area contributed by atoms with Crippen LogP contribution in [0.2, 0.25) is 0 Å². The van der Waals surface area contributed by atoms with Crippen molar-refractivity contribution in [3.05, 3.63) is 41.6 Å². The number of piperazine rings is 1. The number of methoxy groups -OCH3 is 1. The number of anilines is 2. The second-order valence-electron chi connectivity index (χ2n) is 10.9. The third-order valence-corrected chi connectivity index (χ3v) is 7.58. The molecule has 13 heteroatoms. The first-order valence-corrected chi connectivity index (χ1v) is 13.7. The minimum Gasteiger partial charge on any atom is -0.473 e. The SMILES string of the molecule is COc1nc2c(C(=O)Nc3cc(F)c4nc(C)nn4c3)ccc(N3C[C@H](C)N(C(=O)OC(C)(C)C)[C@@H](C)C3)c2s1. The monoisotopic (exact) mass is 569 g/mol. The smallest absolute Gasteiger partial charge is 0.410 e. The van der Waals surface area contributed by atoms with Crippen molar-refractivity contribution in [2.75, 3.05) is 30.4 Å². The molecule has 0 saturated carbocycles. The number of hydrogen-bond donors (Lipinski definition) is 1. The fourth-order valence-electron chi connectivity index (χ4n) is 5.01. The average Bonchev–Trinajstić information content (AvgIpc) is 3.45. The normalized spacial score (nSPS) is 17.9. The van der Waals surface area contributed by atoms with Crippen LogP contribution in [0.5, 0.6) is 5.19 Å². The third-order valence-electron chi connectivity index (χ3n) is 6.54. The molecule has 11 nitrogen and oxygen atoms in total. The van der Waals surface area contributed by atoms with Crippen molar-refractivity contribution in [1.82, 2.24) is 24.5 Å². The molecule has 0 unspecified atom stereocenters. The van der Waals surface area contributed by atoms with Gasteiger partial charge >= 0.3 is 6.09 Å². The van der Waals surface area contributed by atoms with Crippen LogP contribution < -0.4 is 15.0 Å². The molecule has 212 valence electrons. The Labute approximate surface area is 234 Å². The van der Waals surface area contributed by atoms with Gasteiger partial charge in [0.15, 0.2) is 11.5 Å².